The molecule has 0 bridgehead atoms. The molecule has 5 heteroatoms. The Morgan fingerprint density at radius 2 is 2.16 bits per heavy atom. The lowest BCUT2D eigenvalue weighted by Gasteiger charge is -2.04. The Bertz CT molecular complexity index is 723. The predicted molar refractivity (Wildman–Crippen MR) is 75.8 cm³/mol. The van der Waals surface area contributed by atoms with Crippen molar-refractivity contribution in [2.24, 2.45) is 7.05 Å². The molecule has 98 valence electrons. The van der Waals surface area contributed by atoms with Crippen LogP contribution in [0.25, 0.3) is 11.0 Å². The number of nitrogen functional groups attached to an aromatic ring is 1. The molecule has 0 radical (unpaired) electrons. The van der Waals surface area contributed by atoms with Crippen molar-refractivity contribution in [2.75, 3.05) is 5.73 Å². The topological polar surface area (TPSA) is 61.7 Å². The number of rotatable bonds is 3. The van der Waals surface area contributed by atoms with Crippen LogP contribution in [0.4, 0.5) is 5.69 Å². The number of aromatic nitrogens is 4. The minimum atomic E-state index is 0.744. The molecule has 2 aromatic heterocycles. The van der Waals surface area contributed by atoms with Crippen molar-refractivity contribution in [1.29, 1.82) is 0 Å². The molecule has 5 nitrogen and oxygen atoms in total. The number of benzene rings is 1. The first kappa shape index (κ1) is 11.8. The third kappa shape index (κ3) is 2.07. The van der Waals surface area contributed by atoms with Crippen LogP contribution in [0.1, 0.15) is 18.2 Å². The average molecular weight is 255 g/mol. The van der Waals surface area contributed by atoms with Crippen LogP contribution >= 0.6 is 0 Å². The van der Waals surface area contributed by atoms with E-state index in [1.54, 1.807) is 0 Å². The molecule has 0 unspecified atom stereocenters. The van der Waals surface area contributed by atoms with Crippen LogP contribution < -0.4 is 5.73 Å². The third-order valence-electron chi connectivity index (χ3n) is 3.31. The number of aryl methyl sites for hydroxylation is 2. The minimum absolute atomic E-state index is 0.744. The summed E-state index contributed by atoms with van der Waals surface area (Å²) in [6, 6.07) is 5.82. The largest absolute Gasteiger partial charge is 0.399 e. The summed E-state index contributed by atoms with van der Waals surface area (Å²) in [6.45, 7) is 2.91. The van der Waals surface area contributed by atoms with Gasteiger partial charge in [0, 0.05) is 24.5 Å². The van der Waals surface area contributed by atoms with Crippen molar-refractivity contribution < 1.29 is 0 Å². The molecule has 1 aromatic carbocycles. The van der Waals surface area contributed by atoms with Gasteiger partial charge in [-0.3, -0.25) is 4.68 Å². The summed E-state index contributed by atoms with van der Waals surface area (Å²) in [5, 5.41) is 4.47. The molecule has 0 fully saturated rings. The van der Waals surface area contributed by atoms with Crippen molar-refractivity contribution in [2.45, 2.75) is 19.9 Å². The number of hydrogen-bond donors (Lipinski definition) is 1. The summed E-state index contributed by atoms with van der Waals surface area (Å²) in [7, 11) is 1.95. The molecule has 0 spiro atoms. The first-order valence-corrected chi connectivity index (χ1v) is 6.39. The van der Waals surface area contributed by atoms with E-state index in [1.807, 2.05) is 36.3 Å². The van der Waals surface area contributed by atoms with Gasteiger partial charge < -0.3 is 10.3 Å². The van der Waals surface area contributed by atoms with Gasteiger partial charge in [-0.1, -0.05) is 6.92 Å². The number of nitrogens with two attached hydrogens (primary N) is 1. The van der Waals surface area contributed by atoms with Crippen LogP contribution in [0.5, 0.6) is 0 Å². The van der Waals surface area contributed by atoms with Gasteiger partial charge in [-0.15, -0.1) is 0 Å². The fourth-order valence-electron chi connectivity index (χ4n) is 2.40. The van der Waals surface area contributed by atoms with Gasteiger partial charge in [-0.25, -0.2) is 4.98 Å². The zero-order chi connectivity index (χ0) is 13.4. The molecule has 0 saturated heterocycles. The quantitative estimate of drug-likeness (QED) is 0.728. The van der Waals surface area contributed by atoms with E-state index in [0.717, 1.165) is 35.4 Å². The lowest BCUT2D eigenvalue weighted by Crippen LogP contribution is -1.99. The zero-order valence-electron chi connectivity index (χ0n) is 11.2. The molecule has 2 N–H and O–H groups in total. The summed E-state index contributed by atoms with van der Waals surface area (Å²) >= 11 is 0. The molecule has 19 heavy (non-hydrogen) atoms. The molecular formula is C14H17N5. The van der Waals surface area contributed by atoms with Gasteiger partial charge in [-0.2, -0.15) is 5.10 Å². The molecule has 3 rings (SSSR count). The maximum atomic E-state index is 5.77. The van der Waals surface area contributed by atoms with Crippen molar-refractivity contribution in [3.8, 4) is 0 Å². The van der Waals surface area contributed by atoms with Gasteiger partial charge >= 0.3 is 0 Å². The third-order valence-corrected chi connectivity index (χ3v) is 3.31. The van der Waals surface area contributed by atoms with Crippen LogP contribution in [-0.2, 0) is 20.0 Å². The maximum Gasteiger partial charge on any atom is 0.0961 e. The van der Waals surface area contributed by atoms with Gasteiger partial charge in [-0.05, 0) is 24.6 Å². The van der Waals surface area contributed by atoms with Gasteiger partial charge in [0.2, 0.25) is 0 Å². The summed E-state index contributed by atoms with van der Waals surface area (Å²) in [4.78, 5) is 4.39. The molecule has 0 aliphatic rings. The Morgan fingerprint density at radius 3 is 2.95 bits per heavy atom. The van der Waals surface area contributed by atoms with E-state index in [0.29, 0.717) is 0 Å². The molecule has 0 atom stereocenters. The molecule has 0 aliphatic carbocycles. The lowest BCUT2D eigenvalue weighted by molar-refractivity contribution is 0.746. The van der Waals surface area contributed by atoms with Crippen molar-refractivity contribution >= 4 is 16.7 Å². The van der Waals surface area contributed by atoms with Gasteiger partial charge in [0.15, 0.2) is 0 Å². The highest BCUT2D eigenvalue weighted by molar-refractivity contribution is 5.79. The van der Waals surface area contributed by atoms with Crippen LogP contribution in [0, 0.1) is 0 Å². The highest BCUT2D eigenvalue weighted by atomic mass is 15.3. The minimum Gasteiger partial charge on any atom is -0.399 e. The van der Waals surface area contributed by atoms with E-state index >= 15 is 0 Å². The maximum absolute atomic E-state index is 5.77. The van der Waals surface area contributed by atoms with Crippen LogP contribution in [0.3, 0.4) is 0 Å². The second-order valence-corrected chi connectivity index (χ2v) is 4.75. The predicted octanol–water partition coefficient (Wildman–Crippen LogP) is 1.96. The van der Waals surface area contributed by atoms with E-state index in [2.05, 4.69) is 27.8 Å². The summed E-state index contributed by atoms with van der Waals surface area (Å²) < 4.78 is 4.00. The Kier molecular flexibility index (Phi) is 2.74. The fourth-order valence-corrected chi connectivity index (χ4v) is 2.40. The highest BCUT2D eigenvalue weighted by Gasteiger charge is 2.09. The van der Waals surface area contributed by atoms with Crippen molar-refractivity contribution in [3.63, 3.8) is 0 Å². The molecule has 3 aromatic rings. The van der Waals surface area contributed by atoms with Crippen LogP contribution in [0.2, 0.25) is 0 Å². The summed E-state index contributed by atoms with van der Waals surface area (Å²) in [6.07, 6.45) is 4.87. The number of hydrogen-bond acceptors (Lipinski definition) is 3. The average Bonchev–Trinajstić information content (AvgIpc) is 2.93. The smallest absolute Gasteiger partial charge is 0.0961 e. The van der Waals surface area contributed by atoms with E-state index in [4.69, 9.17) is 5.73 Å². The van der Waals surface area contributed by atoms with Crippen LogP contribution in [0.15, 0.2) is 30.7 Å². The SMILES string of the molecule is CCc1nn(C)cc1Cn1cnc2cc(N)ccc21. The van der Waals surface area contributed by atoms with E-state index in [1.165, 1.54) is 5.56 Å². The van der Waals surface area contributed by atoms with E-state index in [-0.39, 0.29) is 0 Å². The number of imidazole rings is 1. The zero-order valence-corrected chi connectivity index (χ0v) is 11.2. The van der Waals surface area contributed by atoms with Crippen molar-refractivity contribution in [3.05, 3.63) is 42.0 Å². The highest BCUT2D eigenvalue weighted by Crippen LogP contribution is 2.18. The Labute approximate surface area is 111 Å². The second kappa shape index (κ2) is 4.42. The van der Waals surface area contributed by atoms with Gasteiger partial charge in [0.25, 0.3) is 0 Å². The summed E-state index contributed by atoms with van der Waals surface area (Å²) in [5.74, 6) is 0. The molecule has 0 saturated carbocycles. The monoisotopic (exact) mass is 255 g/mol. The fraction of sp³-hybridized carbons (Fsp3) is 0.286. The number of fused-ring (bicyclic) bond motifs is 1. The molecular weight excluding hydrogens is 238 g/mol. The second-order valence-electron chi connectivity index (χ2n) is 4.75. The number of anilines is 1. The summed E-state index contributed by atoms with van der Waals surface area (Å²) in [5.41, 5.74) is 10.9. The van der Waals surface area contributed by atoms with Gasteiger partial charge in [0.1, 0.15) is 0 Å². The van der Waals surface area contributed by atoms with E-state index < -0.39 is 0 Å². The Balaban J connectivity index is 2.01. The number of nitrogens with zero attached hydrogens (tertiary/aromatic N) is 4. The first-order valence-electron chi connectivity index (χ1n) is 6.39. The first-order chi connectivity index (χ1) is 9.17. The standard InChI is InChI=1S/C14H17N5/c1-3-12-10(7-18(2)17-12)8-19-9-16-13-6-11(15)4-5-14(13)19/h4-7,9H,3,8,15H2,1-2H3. The molecule has 0 amide bonds. The van der Waals surface area contributed by atoms with Gasteiger partial charge in [0.05, 0.1) is 29.6 Å². The van der Waals surface area contributed by atoms with E-state index in [9.17, 15) is 0 Å². The Morgan fingerprint density at radius 1 is 1.32 bits per heavy atom. The Hall–Kier alpha value is -2.30. The van der Waals surface area contributed by atoms with Crippen LogP contribution in [-0.4, -0.2) is 19.3 Å². The lowest BCUT2D eigenvalue weighted by atomic mass is 10.2. The molecule has 0 aliphatic heterocycles. The normalized spacial score (nSPS) is 11.3. The molecule has 2 heterocycles. The van der Waals surface area contributed by atoms with Crippen molar-refractivity contribution in [1.82, 2.24) is 19.3 Å².